The molecule has 0 aliphatic heterocycles. The lowest BCUT2D eigenvalue weighted by Crippen LogP contribution is -2.41. The van der Waals surface area contributed by atoms with Crippen molar-refractivity contribution in [2.75, 3.05) is 19.8 Å². The number of benzene rings is 1. The fraction of sp³-hybridized carbons (Fsp3) is 0.533. The van der Waals surface area contributed by atoms with Crippen LogP contribution >= 0.6 is 15.9 Å². The van der Waals surface area contributed by atoms with Crippen LogP contribution in [0, 0.1) is 11.2 Å². The Morgan fingerprint density at radius 2 is 2.10 bits per heavy atom. The zero-order valence-electron chi connectivity index (χ0n) is 12.3. The number of carbonyl (C=O) groups excluding carboxylic acids is 1. The fourth-order valence-electron chi connectivity index (χ4n) is 1.85. The molecule has 0 aromatic heterocycles. The van der Waals surface area contributed by atoms with Crippen molar-refractivity contribution >= 4 is 21.8 Å². The normalized spacial score (nSPS) is 11.3. The third kappa shape index (κ3) is 5.28. The molecule has 1 aromatic rings. The van der Waals surface area contributed by atoms with E-state index in [1.807, 2.05) is 13.8 Å². The first-order valence-electron chi connectivity index (χ1n) is 6.91. The Bertz CT molecular complexity index is 470. The molecule has 1 amide bonds. The Kier molecular flexibility index (Phi) is 7.11. The third-order valence-corrected chi connectivity index (χ3v) is 4.24. The minimum Gasteiger partial charge on any atom is -0.481 e. The van der Waals surface area contributed by atoms with E-state index in [9.17, 15) is 14.3 Å². The summed E-state index contributed by atoms with van der Waals surface area (Å²) < 4.78 is 19.3. The standard InChI is InChI=1S/C15H21BrFNO3/c1-3-15(4-2,10-19)9-18-14(20)8-21-13-6-5-11(16)7-12(13)17/h5-7,19H,3-4,8-10H2,1-2H3,(H,18,20). The van der Waals surface area contributed by atoms with Gasteiger partial charge in [-0.2, -0.15) is 0 Å². The van der Waals surface area contributed by atoms with Gasteiger partial charge in [-0.05, 0) is 31.0 Å². The van der Waals surface area contributed by atoms with E-state index in [2.05, 4.69) is 21.2 Å². The number of ether oxygens (including phenoxy) is 1. The van der Waals surface area contributed by atoms with Crippen molar-refractivity contribution in [3.63, 3.8) is 0 Å². The molecular formula is C15H21BrFNO3. The maximum atomic E-state index is 13.5. The van der Waals surface area contributed by atoms with Gasteiger partial charge in [-0.25, -0.2) is 4.39 Å². The molecule has 4 nitrogen and oxygen atoms in total. The number of hydrogen-bond acceptors (Lipinski definition) is 3. The maximum absolute atomic E-state index is 13.5. The first kappa shape index (κ1) is 17.9. The largest absolute Gasteiger partial charge is 0.481 e. The number of aliphatic hydroxyl groups is 1. The molecule has 0 aliphatic rings. The van der Waals surface area contributed by atoms with E-state index < -0.39 is 5.82 Å². The van der Waals surface area contributed by atoms with Crippen molar-refractivity contribution in [1.82, 2.24) is 5.32 Å². The average Bonchev–Trinajstić information content (AvgIpc) is 2.48. The van der Waals surface area contributed by atoms with E-state index in [1.165, 1.54) is 12.1 Å². The van der Waals surface area contributed by atoms with E-state index >= 15 is 0 Å². The molecule has 0 radical (unpaired) electrons. The highest BCUT2D eigenvalue weighted by Crippen LogP contribution is 2.24. The van der Waals surface area contributed by atoms with Crippen LogP contribution in [0.4, 0.5) is 4.39 Å². The quantitative estimate of drug-likeness (QED) is 0.748. The van der Waals surface area contributed by atoms with Crippen molar-refractivity contribution in [2.45, 2.75) is 26.7 Å². The molecule has 21 heavy (non-hydrogen) atoms. The third-order valence-electron chi connectivity index (χ3n) is 3.75. The zero-order chi connectivity index (χ0) is 15.9. The SMILES string of the molecule is CCC(CC)(CO)CNC(=O)COc1ccc(Br)cc1F. The van der Waals surface area contributed by atoms with Gasteiger partial charge in [0.2, 0.25) is 0 Å². The lowest BCUT2D eigenvalue weighted by atomic mass is 9.83. The van der Waals surface area contributed by atoms with Gasteiger partial charge in [-0.15, -0.1) is 0 Å². The molecule has 0 heterocycles. The van der Waals surface area contributed by atoms with Crippen molar-refractivity contribution in [2.24, 2.45) is 5.41 Å². The molecule has 0 saturated carbocycles. The summed E-state index contributed by atoms with van der Waals surface area (Å²) >= 11 is 3.15. The molecule has 0 unspecified atom stereocenters. The molecule has 0 aliphatic carbocycles. The molecular weight excluding hydrogens is 341 g/mol. The summed E-state index contributed by atoms with van der Waals surface area (Å²) in [5, 5.41) is 12.1. The number of hydrogen-bond donors (Lipinski definition) is 2. The number of carbonyl (C=O) groups is 1. The van der Waals surface area contributed by atoms with Crippen LogP contribution in [0.2, 0.25) is 0 Å². The topological polar surface area (TPSA) is 58.6 Å². The highest BCUT2D eigenvalue weighted by molar-refractivity contribution is 9.10. The van der Waals surface area contributed by atoms with Crippen LogP contribution in [-0.4, -0.2) is 30.8 Å². The van der Waals surface area contributed by atoms with Crippen LogP contribution in [0.3, 0.4) is 0 Å². The summed E-state index contributed by atoms with van der Waals surface area (Å²) in [5.41, 5.74) is -0.307. The van der Waals surface area contributed by atoms with E-state index in [-0.39, 0.29) is 30.3 Å². The minimum atomic E-state index is -0.524. The number of halogens is 2. The fourth-order valence-corrected chi connectivity index (χ4v) is 2.19. The lowest BCUT2D eigenvalue weighted by molar-refractivity contribution is -0.123. The van der Waals surface area contributed by atoms with Gasteiger partial charge >= 0.3 is 0 Å². The summed E-state index contributed by atoms with van der Waals surface area (Å²) in [6.45, 7) is 4.08. The molecule has 2 N–H and O–H groups in total. The Balaban J connectivity index is 2.47. The molecule has 1 rings (SSSR count). The highest BCUT2D eigenvalue weighted by atomic mass is 79.9. The summed E-state index contributed by atoms with van der Waals surface area (Å²) in [4.78, 5) is 11.7. The Labute approximate surface area is 132 Å². The van der Waals surface area contributed by atoms with Crippen LogP contribution in [0.15, 0.2) is 22.7 Å². The van der Waals surface area contributed by atoms with E-state index in [4.69, 9.17) is 4.74 Å². The van der Waals surface area contributed by atoms with Crippen molar-refractivity contribution < 1.29 is 19.0 Å². The summed E-state index contributed by atoms with van der Waals surface area (Å²) in [7, 11) is 0. The first-order valence-corrected chi connectivity index (χ1v) is 7.71. The van der Waals surface area contributed by atoms with Gasteiger partial charge in [0.05, 0.1) is 6.61 Å². The number of nitrogens with one attached hydrogen (secondary N) is 1. The molecule has 0 bridgehead atoms. The molecule has 0 saturated heterocycles. The molecule has 118 valence electrons. The molecule has 1 aromatic carbocycles. The Morgan fingerprint density at radius 3 is 2.62 bits per heavy atom. The number of rotatable bonds is 8. The zero-order valence-corrected chi connectivity index (χ0v) is 13.9. The summed E-state index contributed by atoms with van der Waals surface area (Å²) in [6.07, 6.45) is 1.53. The minimum absolute atomic E-state index is 0.0163. The lowest BCUT2D eigenvalue weighted by Gasteiger charge is -2.29. The molecule has 0 atom stereocenters. The second kappa shape index (κ2) is 8.34. The van der Waals surface area contributed by atoms with Crippen molar-refractivity contribution in [3.05, 3.63) is 28.5 Å². The molecule has 6 heteroatoms. The van der Waals surface area contributed by atoms with Gasteiger partial charge < -0.3 is 15.2 Å². The second-order valence-electron chi connectivity index (χ2n) is 5.01. The van der Waals surface area contributed by atoms with Gasteiger partial charge in [-0.1, -0.05) is 29.8 Å². The Hall–Kier alpha value is -1.14. The predicted molar refractivity (Wildman–Crippen MR) is 82.7 cm³/mol. The smallest absolute Gasteiger partial charge is 0.257 e. The summed E-state index contributed by atoms with van der Waals surface area (Å²) in [6, 6.07) is 4.38. The second-order valence-corrected chi connectivity index (χ2v) is 5.92. The van der Waals surface area contributed by atoms with Crippen LogP contribution in [-0.2, 0) is 4.79 Å². The predicted octanol–water partition coefficient (Wildman–Crippen LogP) is 2.88. The first-order chi connectivity index (χ1) is 9.96. The van der Waals surface area contributed by atoms with E-state index in [0.717, 1.165) is 12.8 Å². The number of aliphatic hydroxyl groups excluding tert-OH is 1. The monoisotopic (exact) mass is 361 g/mol. The van der Waals surface area contributed by atoms with Gasteiger partial charge in [0.1, 0.15) is 0 Å². The van der Waals surface area contributed by atoms with Gasteiger partial charge in [-0.3, -0.25) is 4.79 Å². The van der Waals surface area contributed by atoms with Crippen LogP contribution in [0.5, 0.6) is 5.75 Å². The average molecular weight is 362 g/mol. The number of amides is 1. The van der Waals surface area contributed by atoms with Gasteiger partial charge in [0, 0.05) is 16.4 Å². The van der Waals surface area contributed by atoms with Crippen molar-refractivity contribution in [1.29, 1.82) is 0 Å². The molecule has 0 fully saturated rings. The highest BCUT2D eigenvalue weighted by Gasteiger charge is 2.25. The maximum Gasteiger partial charge on any atom is 0.257 e. The van der Waals surface area contributed by atoms with Gasteiger partial charge in [0.25, 0.3) is 5.91 Å². The summed E-state index contributed by atoms with van der Waals surface area (Å²) in [5.74, 6) is -0.825. The van der Waals surface area contributed by atoms with E-state index in [1.54, 1.807) is 6.07 Å². The Morgan fingerprint density at radius 1 is 1.43 bits per heavy atom. The van der Waals surface area contributed by atoms with Crippen LogP contribution < -0.4 is 10.1 Å². The van der Waals surface area contributed by atoms with Crippen molar-refractivity contribution in [3.8, 4) is 5.75 Å². The van der Waals surface area contributed by atoms with Crippen LogP contribution in [0.25, 0.3) is 0 Å². The molecule has 0 spiro atoms. The van der Waals surface area contributed by atoms with Gasteiger partial charge in [0.15, 0.2) is 18.2 Å². The van der Waals surface area contributed by atoms with Crippen LogP contribution in [0.1, 0.15) is 26.7 Å². The van der Waals surface area contributed by atoms with E-state index in [0.29, 0.717) is 11.0 Å².